The summed E-state index contributed by atoms with van der Waals surface area (Å²) in [5.41, 5.74) is 6.85. The molecule has 1 fully saturated rings. The summed E-state index contributed by atoms with van der Waals surface area (Å²) in [5.74, 6) is 0.632. The molecule has 0 amide bonds. The summed E-state index contributed by atoms with van der Waals surface area (Å²) in [6.45, 7) is 21.8. The highest BCUT2D eigenvalue weighted by molar-refractivity contribution is 6.77. The van der Waals surface area contributed by atoms with Gasteiger partial charge in [0.1, 0.15) is 0 Å². The Morgan fingerprint density at radius 1 is 0.964 bits per heavy atom. The minimum absolute atomic E-state index is 0.0145. The zero-order valence-electron chi connectivity index (χ0n) is 20.0. The number of rotatable bonds is 5. The molecule has 1 aromatic carbocycles. The molecule has 0 unspecified atom stereocenters. The quantitative estimate of drug-likeness (QED) is 0.456. The van der Waals surface area contributed by atoms with Crippen LogP contribution in [0.25, 0.3) is 0 Å². The van der Waals surface area contributed by atoms with Crippen LogP contribution in [0.15, 0.2) is 18.2 Å². The van der Waals surface area contributed by atoms with E-state index in [2.05, 4.69) is 80.5 Å². The molecule has 0 N–H and O–H groups in total. The van der Waals surface area contributed by atoms with E-state index < -0.39 is 8.32 Å². The number of hydrogen-bond donors (Lipinski definition) is 0. The Morgan fingerprint density at radius 2 is 1.57 bits per heavy atom. The van der Waals surface area contributed by atoms with E-state index in [0.717, 1.165) is 0 Å². The van der Waals surface area contributed by atoms with Crippen LogP contribution in [0.5, 0.6) is 0 Å². The normalized spacial score (nSPS) is 30.6. The molecule has 2 heteroatoms. The predicted octanol–water partition coefficient (Wildman–Crippen LogP) is 7.95. The second kappa shape index (κ2) is 7.58. The summed E-state index contributed by atoms with van der Waals surface area (Å²) in [4.78, 5) is 0. The largest absolute Gasteiger partial charge is 0.411 e. The second-order valence-electron chi connectivity index (χ2n) is 11.3. The van der Waals surface area contributed by atoms with Gasteiger partial charge in [0.05, 0.1) is 5.60 Å². The molecule has 158 valence electrons. The maximum atomic E-state index is 7.56. The monoisotopic (exact) mass is 400 g/mol. The van der Waals surface area contributed by atoms with Gasteiger partial charge in [-0.2, -0.15) is 0 Å². The minimum atomic E-state index is -1.90. The number of hydrogen-bond acceptors (Lipinski definition) is 1. The molecule has 1 nitrogen and oxygen atoms in total. The highest BCUT2D eigenvalue weighted by Gasteiger charge is 2.57. The topological polar surface area (TPSA) is 9.23 Å². The molecule has 0 bridgehead atoms. The molecule has 3 rings (SSSR count). The predicted molar refractivity (Wildman–Crippen MR) is 125 cm³/mol. The lowest BCUT2D eigenvalue weighted by Crippen LogP contribution is -2.61. The molecule has 0 aromatic heterocycles. The van der Waals surface area contributed by atoms with Gasteiger partial charge in [-0.15, -0.1) is 0 Å². The average molecular weight is 401 g/mol. The number of benzene rings is 1. The third-order valence-electron chi connectivity index (χ3n) is 8.57. The van der Waals surface area contributed by atoms with Crippen LogP contribution >= 0.6 is 0 Å². The molecule has 0 saturated heterocycles. The number of aryl methyl sites for hydroxylation is 2. The van der Waals surface area contributed by atoms with Gasteiger partial charge >= 0.3 is 0 Å². The average Bonchev–Trinajstić information content (AvgIpc) is 2.58. The van der Waals surface area contributed by atoms with Crippen LogP contribution < -0.4 is 0 Å². The van der Waals surface area contributed by atoms with Crippen molar-refractivity contribution in [1.29, 1.82) is 0 Å². The Kier molecular flexibility index (Phi) is 5.98. The van der Waals surface area contributed by atoms with Crippen molar-refractivity contribution < 1.29 is 4.43 Å². The molecule has 28 heavy (non-hydrogen) atoms. The van der Waals surface area contributed by atoms with Gasteiger partial charge in [-0.25, -0.2) is 0 Å². The van der Waals surface area contributed by atoms with Crippen LogP contribution in [0.3, 0.4) is 0 Å². The van der Waals surface area contributed by atoms with Crippen LogP contribution in [0.1, 0.15) is 97.8 Å². The van der Waals surface area contributed by atoms with E-state index in [4.69, 9.17) is 4.43 Å². The molecule has 1 saturated carbocycles. The molecule has 2 aliphatic carbocycles. The van der Waals surface area contributed by atoms with Crippen LogP contribution in [-0.4, -0.2) is 13.9 Å². The van der Waals surface area contributed by atoms with E-state index in [-0.39, 0.29) is 11.0 Å². The minimum Gasteiger partial charge on any atom is -0.411 e. The molecule has 1 aromatic rings. The van der Waals surface area contributed by atoms with Crippen molar-refractivity contribution in [2.45, 2.75) is 122 Å². The highest BCUT2D eigenvalue weighted by atomic mass is 28.4. The van der Waals surface area contributed by atoms with Gasteiger partial charge in [-0.3, -0.25) is 0 Å². The van der Waals surface area contributed by atoms with Crippen molar-refractivity contribution >= 4 is 8.32 Å². The Labute approximate surface area is 175 Å². The third kappa shape index (κ3) is 3.33. The molecule has 3 atom stereocenters. The summed E-state index contributed by atoms with van der Waals surface area (Å²) in [6, 6.07) is 7.22. The van der Waals surface area contributed by atoms with E-state index in [9.17, 15) is 0 Å². The Bertz CT molecular complexity index is 685. The van der Waals surface area contributed by atoms with Crippen LogP contribution in [0.2, 0.25) is 16.6 Å². The fourth-order valence-corrected chi connectivity index (χ4v) is 13.2. The third-order valence-corrected chi connectivity index (χ3v) is 14.8. The smallest absolute Gasteiger partial charge is 0.201 e. The fraction of sp³-hybridized carbons (Fsp3) is 0.769. The summed E-state index contributed by atoms with van der Waals surface area (Å²) in [6.07, 6.45) is 6.33. The number of fused-ring (bicyclic) bond motifs is 3. The van der Waals surface area contributed by atoms with Crippen molar-refractivity contribution in [3.8, 4) is 0 Å². The van der Waals surface area contributed by atoms with Gasteiger partial charge in [-0.05, 0) is 85.0 Å². The van der Waals surface area contributed by atoms with Crippen molar-refractivity contribution in [3.05, 3.63) is 34.9 Å². The van der Waals surface area contributed by atoms with E-state index in [1.807, 2.05) is 0 Å². The van der Waals surface area contributed by atoms with E-state index >= 15 is 0 Å². The lowest BCUT2D eigenvalue weighted by Gasteiger charge is -2.59. The molecule has 0 heterocycles. The molecular weight excluding hydrogens is 356 g/mol. The Balaban J connectivity index is 2.04. The van der Waals surface area contributed by atoms with Gasteiger partial charge in [0.15, 0.2) is 0 Å². The Morgan fingerprint density at radius 3 is 2.14 bits per heavy atom. The van der Waals surface area contributed by atoms with Crippen LogP contribution in [0, 0.1) is 12.8 Å². The molecule has 0 spiro atoms. The SMILES string of the molecule is Cc1ccc2c(c1)CC[C@H]1[C@@](C)(O[Si](C(C)C)(C(C)C)C(C)C)CCC[C@]21C. The van der Waals surface area contributed by atoms with Gasteiger partial charge in [0, 0.05) is 0 Å². The van der Waals surface area contributed by atoms with Crippen LogP contribution in [-0.2, 0) is 16.3 Å². The first-order valence-corrected chi connectivity index (χ1v) is 13.9. The van der Waals surface area contributed by atoms with E-state index in [1.165, 1.54) is 37.7 Å². The van der Waals surface area contributed by atoms with E-state index in [1.54, 1.807) is 11.1 Å². The zero-order valence-corrected chi connectivity index (χ0v) is 21.0. The summed E-state index contributed by atoms with van der Waals surface area (Å²) in [5, 5.41) is 0. The van der Waals surface area contributed by atoms with Crippen molar-refractivity contribution in [2.24, 2.45) is 5.92 Å². The summed E-state index contributed by atoms with van der Waals surface area (Å²) in [7, 11) is -1.90. The van der Waals surface area contributed by atoms with Gasteiger partial charge in [0.2, 0.25) is 8.32 Å². The first-order valence-electron chi connectivity index (χ1n) is 11.8. The fourth-order valence-electron chi connectivity index (χ4n) is 7.44. The maximum absolute atomic E-state index is 7.56. The highest BCUT2D eigenvalue weighted by Crippen LogP contribution is 2.57. The molecule has 0 radical (unpaired) electrons. The first kappa shape index (κ1) is 22.1. The van der Waals surface area contributed by atoms with Crippen molar-refractivity contribution in [1.82, 2.24) is 0 Å². The second-order valence-corrected chi connectivity index (χ2v) is 16.6. The first-order chi connectivity index (χ1) is 13.0. The lowest BCUT2D eigenvalue weighted by molar-refractivity contribution is -0.0664. The van der Waals surface area contributed by atoms with Crippen molar-refractivity contribution in [2.75, 3.05) is 0 Å². The lowest BCUT2D eigenvalue weighted by atomic mass is 9.53. The van der Waals surface area contributed by atoms with E-state index in [0.29, 0.717) is 22.5 Å². The van der Waals surface area contributed by atoms with Gasteiger partial charge in [-0.1, -0.05) is 72.2 Å². The maximum Gasteiger partial charge on any atom is 0.201 e. The van der Waals surface area contributed by atoms with Gasteiger partial charge < -0.3 is 4.43 Å². The molecule has 2 aliphatic rings. The summed E-state index contributed by atoms with van der Waals surface area (Å²) < 4.78 is 7.56. The summed E-state index contributed by atoms with van der Waals surface area (Å²) >= 11 is 0. The molecule has 0 aliphatic heterocycles. The standard InChI is InChI=1S/C26H44OSi/c1-18(2)28(19(3)4,20(5)6)27-26(9)16-10-15-25(8)23-13-11-21(7)17-22(23)12-14-24(25)26/h11,13,17-20,24H,10,12,14-16H2,1-9H3/t24-,25-,26+/m1/s1. The Hall–Kier alpha value is -0.603. The van der Waals surface area contributed by atoms with Crippen LogP contribution in [0.4, 0.5) is 0 Å². The van der Waals surface area contributed by atoms with Gasteiger partial charge in [0.25, 0.3) is 0 Å². The molecular formula is C26H44OSi. The zero-order chi connectivity index (χ0) is 20.9. The van der Waals surface area contributed by atoms with Crippen molar-refractivity contribution in [3.63, 3.8) is 0 Å².